The van der Waals surface area contributed by atoms with Crippen molar-refractivity contribution in [2.45, 2.75) is 25.3 Å². The summed E-state index contributed by atoms with van der Waals surface area (Å²) in [5.74, 6) is 4.85. The topological polar surface area (TPSA) is 38.0 Å². The van der Waals surface area contributed by atoms with E-state index in [0.717, 1.165) is 0 Å². The summed E-state index contributed by atoms with van der Waals surface area (Å²) in [7, 11) is 0. The molecule has 0 aromatic rings. The van der Waals surface area contributed by atoms with Crippen molar-refractivity contribution in [2.75, 3.05) is 0 Å². The molecule has 0 amide bonds. The Balaban J connectivity index is 3.49. The SMILES string of the molecule is C=CCCC(NN)C(F)F. The Kier molecular flexibility index (Phi) is 5.06. The van der Waals surface area contributed by atoms with Gasteiger partial charge < -0.3 is 0 Å². The van der Waals surface area contributed by atoms with E-state index in [0.29, 0.717) is 12.8 Å². The zero-order valence-corrected chi connectivity index (χ0v) is 5.69. The van der Waals surface area contributed by atoms with Crippen LogP contribution in [0.1, 0.15) is 12.8 Å². The monoisotopic (exact) mass is 150 g/mol. The fourth-order valence-electron chi connectivity index (χ4n) is 0.579. The van der Waals surface area contributed by atoms with E-state index in [2.05, 4.69) is 6.58 Å². The molecular weight excluding hydrogens is 138 g/mol. The average Bonchev–Trinajstić information content (AvgIpc) is 1.89. The fraction of sp³-hybridized carbons (Fsp3) is 0.667. The molecule has 60 valence electrons. The minimum absolute atomic E-state index is 0.331. The highest BCUT2D eigenvalue weighted by Gasteiger charge is 2.16. The number of alkyl halides is 2. The number of hydrogen-bond acceptors (Lipinski definition) is 2. The molecule has 3 N–H and O–H groups in total. The highest BCUT2D eigenvalue weighted by atomic mass is 19.3. The summed E-state index contributed by atoms with van der Waals surface area (Å²) in [6.45, 7) is 3.41. The molecule has 0 spiro atoms. The van der Waals surface area contributed by atoms with Crippen molar-refractivity contribution in [1.82, 2.24) is 5.43 Å². The smallest absolute Gasteiger partial charge is 0.255 e. The lowest BCUT2D eigenvalue weighted by Gasteiger charge is -2.12. The Morgan fingerprint density at radius 2 is 2.20 bits per heavy atom. The number of allylic oxidation sites excluding steroid dienone is 1. The van der Waals surface area contributed by atoms with Gasteiger partial charge in [-0.2, -0.15) is 0 Å². The Morgan fingerprint density at radius 3 is 2.50 bits per heavy atom. The molecule has 0 saturated heterocycles. The second kappa shape index (κ2) is 5.32. The van der Waals surface area contributed by atoms with Gasteiger partial charge in [-0.25, -0.2) is 8.78 Å². The van der Waals surface area contributed by atoms with Gasteiger partial charge in [-0.05, 0) is 12.8 Å². The second-order valence-corrected chi connectivity index (χ2v) is 1.97. The summed E-state index contributed by atoms with van der Waals surface area (Å²) in [6, 6.07) is -0.905. The standard InChI is InChI=1S/C6H12F2N2/c1-2-3-4-5(10-9)6(7)8/h2,5-6,10H,1,3-4,9H2. The predicted molar refractivity (Wildman–Crippen MR) is 36.5 cm³/mol. The van der Waals surface area contributed by atoms with Crippen LogP contribution in [0.4, 0.5) is 8.78 Å². The van der Waals surface area contributed by atoms with E-state index in [9.17, 15) is 8.78 Å². The molecule has 0 saturated carbocycles. The van der Waals surface area contributed by atoms with Crippen LogP contribution < -0.4 is 11.3 Å². The summed E-state index contributed by atoms with van der Waals surface area (Å²) < 4.78 is 23.7. The van der Waals surface area contributed by atoms with Gasteiger partial charge in [-0.1, -0.05) is 6.08 Å². The third-order valence-electron chi connectivity index (χ3n) is 1.20. The Labute approximate surface area is 59.1 Å². The molecule has 2 nitrogen and oxygen atoms in total. The van der Waals surface area contributed by atoms with Crippen LogP contribution in [0, 0.1) is 0 Å². The first-order chi connectivity index (χ1) is 4.72. The van der Waals surface area contributed by atoms with Crippen LogP contribution in [-0.2, 0) is 0 Å². The number of rotatable bonds is 5. The normalized spacial score (nSPS) is 13.6. The predicted octanol–water partition coefficient (Wildman–Crippen LogP) is 1.05. The Bertz CT molecular complexity index is 95.7. The number of hydrazine groups is 1. The summed E-state index contributed by atoms with van der Waals surface area (Å²) in [6.07, 6.45) is 0.0776. The van der Waals surface area contributed by atoms with E-state index in [1.807, 2.05) is 5.43 Å². The van der Waals surface area contributed by atoms with Gasteiger partial charge in [0.05, 0.1) is 6.04 Å². The van der Waals surface area contributed by atoms with Crippen molar-refractivity contribution < 1.29 is 8.78 Å². The molecule has 0 radical (unpaired) electrons. The van der Waals surface area contributed by atoms with E-state index in [1.54, 1.807) is 6.08 Å². The van der Waals surface area contributed by atoms with Crippen LogP contribution in [0.15, 0.2) is 12.7 Å². The lowest BCUT2D eigenvalue weighted by Crippen LogP contribution is -2.40. The van der Waals surface area contributed by atoms with E-state index in [-0.39, 0.29) is 0 Å². The number of nitrogens with one attached hydrogen (secondary N) is 1. The maximum absolute atomic E-state index is 11.8. The zero-order chi connectivity index (χ0) is 7.98. The molecule has 4 heteroatoms. The fourth-order valence-corrected chi connectivity index (χ4v) is 0.579. The first kappa shape index (κ1) is 9.52. The Hall–Kier alpha value is -0.480. The molecule has 0 aliphatic carbocycles. The van der Waals surface area contributed by atoms with Gasteiger partial charge in [-0.15, -0.1) is 6.58 Å². The molecule has 0 bridgehead atoms. The van der Waals surface area contributed by atoms with Crippen LogP contribution in [0.2, 0.25) is 0 Å². The molecule has 1 atom stereocenters. The lowest BCUT2D eigenvalue weighted by molar-refractivity contribution is 0.0948. The van der Waals surface area contributed by atoms with E-state index >= 15 is 0 Å². The van der Waals surface area contributed by atoms with Crippen molar-refractivity contribution >= 4 is 0 Å². The van der Waals surface area contributed by atoms with E-state index in [1.165, 1.54) is 0 Å². The largest absolute Gasteiger partial charge is 0.271 e. The molecule has 10 heavy (non-hydrogen) atoms. The minimum Gasteiger partial charge on any atom is -0.271 e. The van der Waals surface area contributed by atoms with Gasteiger partial charge in [0, 0.05) is 0 Å². The van der Waals surface area contributed by atoms with Gasteiger partial charge in [0.15, 0.2) is 0 Å². The van der Waals surface area contributed by atoms with Crippen molar-refractivity contribution in [3.05, 3.63) is 12.7 Å². The van der Waals surface area contributed by atoms with Gasteiger partial charge >= 0.3 is 0 Å². The molecular formula is C6H12F2N2. The maximum atomic E-state index is 11.8. The summed E-state index contributed by atoms with van der Waals surface area (Å²) >= 11 is 0. The van der Waals surface area contributed by atoms with Crippen molar-refractivity contribution in [3.8, 4) is 0 Å². The highest BCUT2D eigenvalue weighted by Crippen LogP contribution is 2.06. The molecule has 0 aromatic heterocycles. The van der Waals surface area contributed by atoms with Gasteiger partial charge in [-0.3, -0.25) is 11.3 Å². The van der Waals surface area contributed by atoms with Crippen molar-refractivity contribution in [1.29, 1.82) is 0 Å². The van der Waals surface area contributed by atoms with Crippen molar-refractivity contribution in [2.24, 2.45) is 5.84 Å². The lowest BCUT2D eigenvalue weighted by atomic mass is 10.2. The van der Waals surface area contributed by atoms with Gasteiger partial charge in [0.1, 0.15) is 0 Å². The molecule has 0 aromatic carbocycles. The third kappa shape index (κ3) is 3.53. The van der Waals surface area contributed by atoms with Gasteiger partial charge in [0.25, 0.3) is 6.43 Å². The molecule has 0 fully saturated rings. The quantitative estimate of drug-likeness (QED) is 0.349. The van der Waals surface area contributed by atoms with Crippen molar-refractivity contribution in [3.63, 3.8) is 0 Å². The second-order valence-electron chi connectivity index (χ2n) is 1.97. The van der Waals surface area contributed by atoms with Crippen LogP contribution in [0.3, 0.4) is 0 Å². The first-order valence-corrected chi connectivity index (χ1v) is 3.07. The highest BCUT2D eigenvalue weighted by molar-refractivity contribution is 4.73. The number of halogens is 2. The van der Waals surface area contributed by atoms with E-state index in [4.69, 9.17) is 5.84 Å². The molecule has 0 rings (SSSR count). The maximum Gasteiger partial charge on any atom is 0.255 e. The summed E-state index contributed by atoms with van der Waals surface area (Å²) in [5.41, 5.74) is 2.04. The first-order valence-electron chi connectivity index (χ1n) is 3.07. The van der Waals surface area contributed by atoms with E-state index < -0.39 is 12.5 Å². The Morgan fingerprint density at radius 1 is 1.60 bits per heavy atom. The minimum atomic E-state index is -2.40. The van der Waals surface area contributed by atoms with Crippen LogP contribution >= 0.6 is 0 Å². The molecule has 0 aliphatic heterocycles. The van der Waals surface area contributed by atoms with Crippen LogP contribution in [0.5, 0.6) is 0 Å². The zero-order valence-electron chi connectivity index (χ0n) is 5.69. The third-order valence-corrected chi connectivity index (χ3v) is 1.20. The number of hydrogen-bond donors (Lipinski definition) is 2. The average molecular weight is 150 g/mol. The molecule has 0 heterocycles. The molecule has 1 unspecified atom stereocenters. The van der Waals surface area contributed by atoms with Crippen LogP contribution in [0.25, 0.3) is 0 Å². The number of nitrogens with two attached hydrogens (primary N) is 1. The summed E-state index contributed by atoms with van der Waals surface area (Å²) in [5, 5.41) is 0. The van der Waals surface area contributed by atoms with Crippen LogP contribution in [-0.4, -0.2) is 12.5 Å². The summed E-state index contributed by atoms with van der Waals surface area (Å²) in [4.78, 5) is 0. The van der Waals surface area contributed by atoms with Gasteiger partial charge in [0.2, 0.25) is 0 Å². The molecule has 0 aliphatic rings.